The van der Waals surface area contributed by atoms with Crippen LogP contribution in [0.4, 0.5) is 0 Å². The van der Waals surface area contributed by atoms with E-state index in [0.717, 1.165) is 40.4 Å². The molecule has 0 N–H and O–H groups in total. The zero-order valence-electron chi connectivity index (χ0n) is 23.0. The van der Waals surface area contributed by atoms with Crippen LogP contribution >= 0.6 is 11.3 Å². The average molecular weight is 546 g/mol. The molecule has 1 aliphatic carbocycles. The topological polar surface area (TPSA) is 47.5 Å². The van der Waals surface area contributed by atoms with Gasteiger partial charge in [-0.05, 0) is 60.9 Å². The maximum Gasteiger partial charge on any atom is 0.206 e. The Balaban J connectivity index is 1.32. The zero-order valence-corrected chi connectivity index (χ0v) is 23.8. The largest absolute Gasteiger partial charge is 0.306 e. The molecule has 2 aromatic heterocycles. The van der Waals surface area contributed by atoms with Crippen molar-refractivity contribution in [1.82, 2.24) is 14.2 Å². The minimum absolute atomic E-state index is 0.700. The van der Waals surface area contributed by atoms with Gasteiger partial charge in [-0.25, -0.2) is 9.66 Å². The van der Waals surface area contributed by atoms with Crippen molar-refractivity contribution in [3.05, 3.63) is 124 Å². The van der Waals surface area contributed by atoms with E-state index in [2.05, 4.69) is 96.2 Å². The Morgan fingerprint density at radius 3 is 2.42 bits per heavy atom. The summed E-state index contributed by atoms with van der Waals surface area (Å²) in [4.78, 5) is 10.1. The highest BCUT2D eigenvalue weighted by Gasteiger charge is 2.16. The van der Waals surface area contributed by atoms with Gasteiger partial charge < -0.3 is 4.57 Å². The Kier molecular flexibility index (Phi) is 8.15. The highest BCUT2D eigenvalue weighted by atomic mass is 32.1. The van der Waals surface area contributed by atoms with Gasteiger partial charge in [0.05, 0.1) is 17.7 Å². The summed E-state index contributed by atoms with van der Waals surface area (Å²) in [7, 11) is 0. The minimum atomic E-state index is 0.700. The number of rotatable bonds is 8. The maximum absolute atomic E-state index is 5.13. The Morgan fingerprint density at radius 1 is 0.925 bits per heavy atom. The molecule has 0 amide bonds. The van der Waals surface area contributed by atoms with E-state index in [0.29, 0.717) is 5.92 Å². The smallest absolute Gasteiger partial charge is 0.206 e. The molecule has 0 atom stereocenters. The van der Waals surface area contributed by atoms with Gasteiger partial charge in [-0.2, -0.15) is 5.10 Å². The van der Waals surface area contributed by atoms with E-state index in [4.69, 9.17) is 10.1 Å². The number of nitrogens with zero attached hydrogens (tertiary/aromatic N) is 5. The fraction of sp³-hybridized carbons (Fsp3) is 0.265. The lowest BCUT2D eigenvalue weighted by Crippen LogP contribution is -2.15. The molecule has 40 heavy (non-hydrogen) atoms. The normalized spacial score (nSPS) is 15.0. The molecule has 0 bridgehead atoms. The van der Waals surface area contributed by atoms with Crippen LogP contribution in [0.25, 0.3) is 16.9 Å². The minimum Gasteiger partial charge on any atom is -0.306 e. The summed E-state index contributed by atoms with van der Waals surface area (Å²) in [5, 5.41) is 7.32. The van der Waals surface area contributed by atoms with Crippen LogP contribution in [0.1, 0.15) is 61.6 Å². The van der Waals surface area contributed by atoms with Crippen LogP contribution in [-0.4, -0.2) is 26.5 Å². The lowest BCUT2D eigenvalue weighted by molar-refractivity contribution is 0.443. The van der Waals surface area contributed by atoms with Gasteiger partial charge in [0.15, 0.2) is 0 Å². The molecule has 2 heterocycles. The van der Waals surface area contributed by atoms with Crippen LogP contribution in [0.15, 0.2) is 113 Å². The standard InChI is InChI=1S/C34H35N5S/c1-26(28-16-18-32(19-17-28)38-23-22-35-25-38)37-39-33(24-40-34(39)36-21-20-27-8-4-2-5-9-27)31-14-12-30(13-15-31)29-10-6-3-7-11-29/h2,4-5,8-9,12-19,22-25,29H,3,6-7,10-11,20-21H2,1H3/b36-34?,37-26-. The third-order valence-electron chi connectivity index (χ3n) is 7.80. The van der Waals surface area contributed by atoms with Crippen molar-refractivity contribution in [2.24, 2.45) is 10.1 Å². The van der Waals surface area contributed by atoms with Gasteiger partial charge in [0, 0.05) is 35.6 Å². The highest BCUT2D eigenvalue weighted by molar-refractivity contribution is 7.07. The van der Waals surface area contributed by atoms with E-state index >= 15 is 0 Å². The zero-order chi connectivity index (χ0) is 27.1. The maximum atomic E-state index is 5.13. The molecule has 3 aromatic carbocycles. The summed E-state index contributed by atoms with van der Waals surface area (Å²) in [5.41, 5.74) is 8.12. The molecule has 0 aliphatic heterocycles. The van der Waals surface area contributed by atoms with Crippen LogP contribution in [0.5, 0.6) is 0 Å². The first-order valence-corrected chi connectivity index (χ1v) is 15.1. The summed E-state index contributed by atoms with van der Waals surface area (Å²) in [6, 6.07) is 28.2. The molecule has 5 nitrogen and oxygen atoms in total. The van der Waals surface area contributed by atoms with E-state index in [-0.39, 0.29) is 0 Å². The SMILES string of the molecule is C/C(=N/n1c(-c2ccc(C3CCCCC3)cc2)csc1=NCCc1ccccc1)c1ccc(-n2ccnc2)cc1. The van der Waals surface area contributed by atoms with Crippen LogP contribution in [0.3, 0.4) is 0 Å². The molecule has 0 radical (unpaired) electrons. The number of benzene rings is 3. The van der Waals surface area contributed by atoms with Crippen molar-refractivity contribution in [3.63, 3.8) is 0 Å². The number of thiazole rings is 1. The van der Waals surface area contributed by atoms with Crippen molar-refractivity contribution in [1.29, 1.82) is 0 Å². The molecule has 1 saturated carbocycles. The second kappa shape index (κ2) is 12.4. The van der Waals surface area contributed by atoms with Crippen molar-refractivity contribution < 1.29 is 0 Å². The van der Waals surface area contributed by atoms with Crippen LogP contribution in [0, 0.1) is 0 Å². The van der Waals surface area contributed by atoms with E-state index in [1.165, 1.54) is 48.8 Å². The van der Waals surface area contributed by atoms with E-state index < -0.39 is 0 Å². The fourth-order valence-corrected chi connectivity index (χ4v) is 6.34. The highest BCUT2D eigenvalue weighted by Crippen LogP contribution is 2.33. The van der Waals surface area contributed by atoms with Gasteiger partial charge in [0.1, 0.15) is 0 Å². The molecular formula is C34H35N5S. The van der Waals surface area contributed by atoms with Crippen molar-refractivity contribution in [2.75, 3.05) is 6.54 Å². The van der Waals surface area contributed by atoms with Crippen LogP contribution in [-0.2, 0) is 6.42 Å². The molecular weight excluding hydrogens is 510 g/mol. The van der Waals surface area contributed by atoms with Crippen LogP contribution < -0.4 is 4.80 Å². The molecule has 1 aliphatic rings. The van der Waals surface area contributed by atoms with Gasteiger partial charge in [-0.3, -0.25) is 4.99 Å². The first-order chi connectivity index (χ1) is 19.7. The molecule has 0 saturated heterocycles. The first kappa shape index (κ1) is 26.2. The van der Waals surface area contributed by atoms with Crippen molar-refractivity contribution in [2.45, 2.75) is 51.4 Å². The van der Waals surface area contributed by atoms with Gasteiger partial charge in [0.25, 0.3) is 0 Å². The summed E-state index contributed by atoms with van der Waals surface area (Å²) >= 11 is 1.66. The lowest BCUT2D eigenvalue weighted by atomic mass is 9.84. The molecule has 0 spiro atoms. The quantitative estimate of drug-likeness (QED) is 0.183. The Bertz CT molecular complexity index is 1600. The third-order valence-corrected chi connectivity index (χ3v) is 8.65. The molecule has 0 unspecified atom stereocenters. The second-order valence-electron chi connectivity index (χ2n) is 10.5. The summed E-state index contributed by atoms with van der Waals surface area (Å²) in [5.74, 6) is 0.700. The Labute approximate surface area is 240 Å². The predicted octanol–water partition coefficient (Wildman–Crippen LogP) is 7.87. The number of hydrogen-bond acceptors (Lipinski definition) is 4. The number of hydrogen-bond donors (Lipinski definition) is 0. The summed E-state index contributed by atoms with van der Waals surface area (Å²) in [6.07, 6.45) is 13.2. The number of aromatic nitrogens is 3. The average Bonchev–Trinajstić information content (AvgIpc) is 3.69. The van der Waals surface area contributed by atoms with Crippen LogP contribution in [0.2, 0.25) is 0 Å². The van der Waals surface area contributed by atoms with Crippen molar-refractivity contribution in [3.8, 4) is 16.9 Å². The monoisotopic (exact) mass is 545 g/mol. The van der Waals surface area contributed by atoms with Gasteiger partial charge >= 0.3 is 0 Å². The van der Waals surface area contributed by atoms with E-state index in [1.807, 2.05) is 21.8 Å². The summed E-state index contributed by atoms with van der Waals surface area (Å²) in [6.45, 7) is 2.79. The Morgan fingerprint density at radius 2 is 1.70 bits per heavy atom. The molecule has 1 fully saturated rings. The first-order valence-electron chi connectivity index (χ1n) is 14.2. The second-order valence-corrected chi connectivity index (χ2v) is 11.3. The molecule has 6 rings (SSSR count). The van der Waals surface area contributed by atoms with Gasteiger partial charge in [0.2, 0.25) is 4.80 Å². The Hall–Kier alpha value is -4.03. The molecule has 202 valence electrons. The third kappa shape index (κ3) is 6.07. The van der Waals surface area contributed by atoms with E-state index in [1.54, 1.807) is 17.5 Å². The lowest BCUT2D eigenvalue weighted by Gasteiger charge is -2.22. The van der Waals surface area contributed by atoms with E-state index in [9.17, 15) is 0 Å². The van der Waals surface area contributed by atoms with Crippen molar-refractivity contribution >= 4 is 17.0 Å². The number of imidazole rings is 1. The summed E-state index contributed by atoms with van der Waals surface area (Å²) < 4.78 is 4.03. The van der Waals surface area contributed by atoms with Gasteiger partial charge in [-0.15, -0.1) is 11.3 Å². The predicted molar refractivity (Wildman–Crippen MR) is 165 cm³/mol. The fourth-order valence-electron chi connectivity index (χ4n) is 5.48. The van der Waals surface area contributed by atoms with Gasteiger partial charge in [-0.1, -0.05) is 86.0 Å². The molecule has 6 heteroatoms. The molecule has 5 aromatic rings.